The first-order valence-corrected chi connectivity index (χ1v) is 8.28. The van der Waals surface area contributed by atoms with E-state index in [1.54, 1.807) is 0 Å². The molecule has 0 aliphatic carbocycles. The van der Waals surface area contributed by atoms with Crippen LogP contribution in [0.4, 0.5) is 11.4 Å². The van der Waals surface area contributed by atoms with Gasteiger partial charge in [-0.25, -0.2) is 0 Å². The average Bonchev–Trinajstić information content (AvgIpc) is 2.41. The van der Waals surface area contributed by atoms with Gasteiger partial charge in [-0.15, -0.1) is 11.8 Å². The summed E-state index contributed by atoms with van der Waals surface area (Å²) in [5.41, 5.74) is 9.52. The number of anilines is 2. The van der Waals surface area contributed by atoms with Crippen LogP contribution >= 0.6 is 27.7 Å². The van der Waals surface area contributed by atoms with Gasteiger partial charge in [0.2, 0.25) is 5.91 Å². The number of aryl methyl sites for hydroxylation is 2. The van der Waals surface area contributed by atoms with E-state index >= 15 is 0 Å². The lowest BCUT2D eigenvalue weighted by Crippen LogP contribution is -2.14. The predicted molar refractivity (Wildman–Crippen MR) is 93.8 cm³/mol. The quantitative estimate of drug-likeness (QED) is 0.625. The number of nitrogen functional groups attached to an aromatic ring is 1. The molecule has 0 aromatic heterocycles. The maximum atomic E-state index is 12.0. The highest BCUT2D eigenvalue weighted by Crippen LogP contribution is 2.29. The predicted octanol–water partition coefficient (Wildman–Crippen LogP) is 4.38. The molecular formula is C16H17BrN2OS. The summed E-state index contributed by atoms with van der Waals surface area (Å²) in [7, 11) is 0. The smallest absolute Gasteiger partial charge is 0.234 e. The zero-order valence-corrected chi connectivity index (χ0v) is 14.3. The van der Waals surface area contributed by atoms with E-state index in [2.05, 4.69) is 27.3 Å². The van der Waals surface area contributed by atoms with Gasteiger partial charge in [-0.05, 0) is 59.6 Å². The molecule has 0 aliphatic heterocycles. The summed E-state index contributed by atoms with van der Waals surface area (Å²) in [5.74, 6) is 0.339. The van der Waals surface area contributed by atoms with Gasteiger partial charge in [0.1, 0.15) is 0 Å². The molecule has 0 saturated carbocycles. The van der Waals surface area contributed by atoms with Gasteiger partial charge in [0.15, 0.2) is 0 Å². The Morgan fingerprint density at radius 2 is 2.00 bits per heavy atom. The van der Waals surface area contributed by atoms with E-state index in [9.17, 15) is 4.79 Å². The Morgan fingerprint density at radius 3 is 2.67 bits per heavy atom. The largest absolute Gasteiger partial charge is 0.399 e. The number of carbonyl (C=O) groups excluding carboxylic acids is 1. The van der Waals surface area contributed by atoms with Crippen LogP contribution in [0.2, 0.25) is 0 Å². The fraction of sp³-hybridized carbons (Fsp3) is 0.188. The van der Waals surface area contributed by atoms with Crippen LogP contribution in [0.15, 0.2) is 45.8 Å². The van der Waals surface area contributed by atoms with Crippen molar-refractivity contribution in [2.45, 2.75) is 18.7 Å². The summed E-state index contributed by atoms with van der Waals surface area (Å²) in [6.45, 7) is 4.03. The molecule has 0 saturated heterocycles. The van der Waals surface area contributed by atoms with Crippen LogP contribution < -0.4 is 11.1 Å². The van der Waals surface area contributed by atoms with Crippen LogP contribution in [0.1, 0.15) is 11.1 Å². The van der Waals surface area contributed by atoms with Crippen LogP contribution in [-0.2, 0) is 4.79 Å². The van der Waals surface area contributed by atoms with Crippen LogP contribution in [-0.4, -0.2) is 11.7 Å². The lowest BCUT2D eigenvalue weighted by molar-refractivity contribution is -0.113. The maximum absolute atomic E-state index is 12.0. The lowest BCUT2D eigenvalue weighted by atomic mass is 10.1. The molecule has 0 unspecified atom stereocenters. The number of nitrogens with two attached hydrogens (primary N) is 1. The second kappa shape index (κ2) is 7.00. The second-order valence-electron chi connectivity index (χ2n) is 4.85. The molecule has 3 N–H and O–H groups in total. The first-order chi connectivity index (χ1) is 9.95. The summed E-state index contributed by atoms with van der Waals surface area (Å²) in [5, 5.41) is 2.94. The van der Waals surface area contributed by atoms with Crippen LogP contribution in [0.5, 0.6) is 0 Å². The summed E-state index contributed by atoms with van der Waals surface area (Å²) in [6.07, 6.45) is 0. The van der Waals surface area contributed by atoms with Crippen molar-refractivity contribution in [3.05, 3.63) is 52.0 Å². The molecular weight excluding hydrogens is 348 g/mol. The molecule has 2 rings (SSSR count). The van der Waals surface area contributed by atoms with E-state index in [-0.39, 0.29) is 5.91 Å². The lowest BCUT2D eigenvalue weighted by Gasteiger charge is -2.09. The van der Waals surface area contributed by atoms with Gasteiger partial charge in [-0.1, -0.05) is 17.7 Å². The number of hydrogen-bond donors (Lipinski definition) is 2. The fourth-order valence-electron chi connectivity index (χ4n) is 1.92. The van der Waals surface area contributed by atoms with Gasteiger partial charge in [0.25, 0.3) is 0 Å². The van der Waals surface area contributed by atoms with Gasteiger partial charge in [0, 0.05) is 20.7 Å². The third-order valence-corrected chi connectivity index (χ3v) is 4.96. The van der Waals surface area contributed by atoms with Crippen molar-refractivity contribution >= 4 is 45.0 Å². The Labute approximate surface area is 137 Å². The zero-order valence-electron chi connectivity index (χ0n) is 11.9. The zero-order chi connectivity index (χ0) is 15.4. The Bertz CT molecular complexity index is 673. The standard InChI is InChI=1S/C16H17BrN2OS/c1-10-3-5-14(11(2)7-10)19-16(20)9-21-15-6-4-12(18)8-13(15)17/h3-8H,9,18H2,1-2H3,(H,19,20). The average molecular weight is 365 g/mol. The molecule has 5 heteroatoms. The van der Waals surface area contributed by atoms with Gasteiger partial charge in [-0.3, -0.25) is 4.79 Å². The molecule has 2 aromatic carbocycles. The van der Waals surface area contributed by atoms with Gasteiger partial charge < -0.3 is 11.1 Å². The van der Waals surface area contributed by atoms with Crippen molar-refractivity contribution in [3.63, 3.8) is 0 Å². The molecule has 0 aliphatic rings. The molecule has 1 amide bonds. The third-order valence-electron chi connectivity index (χ3n) is 2.97. The van der Waals surface area contributed by atoms with Crippen molar-refractivity contribution < 1.29 is 4.79 Å². The van der Waals surface area contributed by atoms with E-state index in [4.69, 9.17) is 5.73 Å². The molecule has 3 nitrogen and oxygen atoms in total. The minimum Gasteiger partial charge on any atom is -0.399 e. The van der Waals surface area contributed by atoms with Crippen LogP contribution in [0.3, 0.4) is 0 Å². The van der Waals surface area contributed by atoms with Gasteiger partial charge >= 0.3 is 0 Å². The SMILES string of the molecule is Cc1ccc(NC(=O)CSc2ccc(N)cc2Br)c(C)c1. The first-order valence-electron chi connectivity index (χ1n) is 6.50. The van der Waals surface area contributed by atoms with E-state index in [1.807, 2.05) is 44.2 Å². The van der Waals surface area contributed by atoms with Crippen molar-refractivity contribution in [1.29, 1.82) is 0 Å². The highest BCUT2D eigenvalue weighted by molar-refractivity contribution is 9.10. The highest BCUT2D eigenvalue weighted by atomic mass is 79.9. The second-order valence-corrected chi connectivity index (χ2v) is 6.72. The van der Waals surface area contributed by atoms with Crippen molar-refractivity contribution in [3.8, 4) is 0 Å². The summed E-state index contributed by atoms with van der Waals surface area (Å²) in [6, 6.07) is 11.6. The highest BCUT2D eigenvalue weighted by Gasteiger charge is 2.08. The summed E-state index contributed by atoms with van der Waals surface area (Å²) >= 11 is 4.93. The topological polar surface area (TPSA) is 55.1 Å². The molecule has 21 heavy (non-hydrogen) atoms. The minimum atomic E-state index is -0.0179. The van der Waals surface area contributed by atoms with E-state index in [1.165, 1.54) is 17.3 Å². The summed E-state index contributed by atoms with van der Waals surface area (Å²) in [4.78, 5) is 13.0. The maximum Gasteiger partial charge on any atom is 0.234 e. The molecule has 0 atom stereocenters. The van der Waals surface area contributed by atoms with E-state index < -0.39 is 0 Å². The number of nitrogens with one attached hydrogen (secondary N) is 1. The van der Waals surface area contributed by atoms with E-state index in [0.717, 1.165) is 20.6 Å². The molecule has 2 aromatic rings. The Balaban J connectivity index is 1.96. The molecule has 0 bridgehead atoms. The molecule has 0 spiro atoms. The van der Waals surface area contributed by atoms with Crippen molar-refractivity contribution in [1.82, 2.24) is 0 Å². The molecule has 0 radical (unpaired) electrons. The normalized spacial score (nSPS) is 10.4. The van der Waals surface area contributed by atoms with Crippen molar-refractivity contribution in [2.24, 2.45) is 0 Å². The molecule has 0 heterocycles. The van der Waals surface area contributed by atoms with Gasteiger partial charge in [0.05, 0.1) is 5.75 Å². The third kappa shape index (κ3) is 4.51. The Hall–Kier alpha value is -1.46. The summed E-state index contributed by atoms with van der Waals surface area (Å²) < 4.78 is 0.909. The monoisotopic (exact) mass is 364 g/mol. The fourth-order valence-corrected chi connectivity index (χ4v) is 3.38. The first kappa shape index (κ1) is 15.9. The Kier molecular flexibility index (Phi) is 5.31. The number of halogens is 1. The number of amides is 1. The van der Waals surface area contributed by atoms with E-state index in [0.29, 0.717) is 11.4 Å². The minimum absolute atomic E-state index is 0.0179. The molecule has 0 fully saturated rings. The molecule has 110 valence electrons. The number of hydrogen-bond acceptors (Lipinski definition) is 3. The Morgan fingerprint density at radius 1 is 1.24 bits per heavy atom. The number of carbonyl (C=O) groups is 1. The van der Waals surface area contributed by atoms with Crippen LogP contribution in [0.25, 0.3) is 0 Å². The van der Waals surface area contributed by atoms with Gasteiger partial charge in [-0.2, -0.15) is 0 Å². The number of thioether (sulfide) groups is 1. The number of rotatable bonds is 4. The van der Waals surface area contributed by atoms with Crippen molar-refractivity contribution in [2.75, 3.05) is 16.8 Å². The van der Waals surface area contributed by atoms with Crippen LogP contribution in [0, 0.1) is 13.8 Å². The number of benzene rings is 2.